The summed E-state index contributed by atoms with van der Waals surface area (Å²) in [7, 11) is 1.56. The highest BCUT2D eigenvalue weighted by molar-refractivity contribution is 6.04. The van der Waals surface area contributed by atoms with Gasteiger partial charge in [0.25, 0.3) is 5.91 Å². The van der Waals surface area contributed by atoms with Gasteiger partial charge in [0.05, 0.1) is 30.8 Å². The fraction of sp³-hybridized carbons (Fsp3) is 0.0714. The first kappa shape index (κ1) is 12.2. The molecule has 0 aliphatic carbocycles. The monoisotopic (exact) mass is 268 g/mol. The molecule has 100 valence electrons. The Morgan fingerprint density at radius 2 is 2.20 bits per heavy atom. The van der Waals surface area contributed by atoms with Crippen molar-refractivity contribution in [3.05, 3.63) is 48.4 Å². The number of pyridine rings is 1. The van der Waals surface area contributed by atoms with E-state index >= 15 is 0 Å². The molecule has 6 nitrogen and oxygen atoms in total. The van der Waals surface area contributed by atoms with Crippen molar-refractivity contribution in [2.45, 2.75) is 0 Å². The van der Waals surface area contributed by atoms with Crippen molar-refractivity contribution < 1.29 is 9.53 Å². The van der Waals surface area contributed by atoms with Gasteiger partial charge in [-0.1, -0.05) is 6.07 Å². The van der Waals surface area contributed by atoms with Gasteiger partial charge in [0.2, 0.25) is 0 Å². The molecule has 2 aromatic heterocycles. The Labute approximate surface area is 114 Å². The number of nitrogens with zero attached hydrogens (tertiary/aromatic N) is 2. The van der Waals surface area contributed by atoms with Gasteiger partial charge < -0.3 is 15.0 Å². The van der Waals surface area contributed by atoms with Crippen LogP contribution in [0.5, 0.6) is 5.75 Å². The predicted molar refractivity (Wildman–Crippen MR) is 74.8 cm³/mol. The lowest BCUT2D eigenvalue weighted by atomic mass is 10.2. The van der Waals surface area contributed by atoms with Crippen LogP contribution in [0.4, 0.5) is 5.69 Å². The highest BCUT2D eigenvalue weighted by Crippen LogP contribution is 2.16. The Morgan fingerprint density at radius 3 is 3.05 bits per heavy atom. The summed E-state index contributed by atoms with van der Waals surface area (Å²) in [5, 5.41) is 2.79. The van der Waals surface area contributed by atoms with Crippen LogP contribution in [0.1, 0.15) is 10.4 Å². The van der Waals surface area contributed by atoms with E-state index in [1.165, 1.54) is 0 Å². The van der Waals surface area contributed by atoms with E-state index < -0.39 is 0 Å². The lowest BCUT2D eigenvalue weighted by molar-refractivity contribution is 0.102. The zero-order chi connectivity index (χ0) is 13.9. The van der Waals surface area contributed by atoms with Crippen molar-refractivity contribution in [3.63, 3.8) is 0 Å². The van der Waals surface area contributed by atoms with Gasteiger partial charge in [-0.15, -0.1) is 0 Å². The molecule has 20 heavy (non-hydrogen) atoms. The van der Waals surface area contributed by atoms with Crippen LogP contribution >= 0.6 is 0 Å². The highest BCUT2D eigenvalue weighted by Gasteiger charge is 2.08. The minimum Gasteiger partial charge on any atom is -0.497 e. The molecular weight excluding hydrogens is 256 g/mol. The van der Waals surface area contributed by atoms with E-state index in [0.717, 1.165) is 5.52 Å². The summed E-state index contributed by atoms with van der Waals surface area (Å²) in [5.41, 5.74) is 2.52. The number of carbonyl (C=O) groups excluding carboxylic acids is 1. The first-order valence-electron chi connectivity index (χ1n) is 6.01. The number of H-pyrrole nitrogens is 1. The van der Waals surface area contributed by atoms with E-state index in [1.807, 2.05) is 0 Å². The number of aromatic nitrogens is 3. The summed E-state index contributed by atoms with van der Waals surface area (Å²) in [6.45, 7) is 0. The van der Waals surface area contributed by atoms with E-state index in [2.05, 4.69) is 20.3 Å². The van der Waals surface area contributed by atoms with Crippen LogP contribution in [0, 0.1) is 0 Å². The molecule has 3 aromatic rings. The van der Waals surface area contributed by atoms with Gasteiger partial charge >= 0.3 is 0 Å². The molecule has 0 saturated carbocycles. The Bertz CT molecular complexity index is 766. The number of hydrogen-bond acceptors (Lipinski definition) is 4. The second-order valence-electron chi connectivity index (χ2n) is 4.18. The van der Waals surface area contributed by atoms with Gasteiger partial charge in [0, 0.05) is 5.56 Å². The normalized spacial score (nSPS) is 10.4. The van der Waals surface area contributed by atoms with Gasteiger partial charge in [-0.3, -0.25) is 4.79 Å². The first-order valence-corrected chi connectivity index (χ1v) is 6.01. The van der Waals surface area contributed by atoms with E-state index in [9.17, 15) is 4.79 Å². The van der Waals surface area contributed by atoms with Crippen molar-refractivity contribution in [1.82, 2.24) is 15.0 Å². The Balaban J connectivity index is 1.83. The summed E-state index contributed by atoms with van der Waals surface area (Å²) < 4.78 is 5.10. The lowest BCUT2D eigenvalue weighted by Gasteiger charge is -2.06. The summed E-state index contributed by atoms with van der Waals surface area (Å²) in [4.78, 5) is 23.2. The minimum atomic E-state index is -0.218. The number of anilines is 1. The average molecular weight is 268 g/mol. The van der Waals surface area contributed by atoms with Crippen molar-refractivity contribution >= 4 is 22.8 Å². The number of methoxy groups -OCH3 is 1. The molecule has 6 heteroatoms. The van der Waals surface area contributed by atoms with Crippen LogP contribution in [-0.2, 0) is 0 Å². The third-order valence-corrected chi connectivity index (χ3v) is 2.86. The highest BCUT2D eigenvalue weighted by atomic mass is 16.5. The van der Waals surface area contributed by atoms with Crippen molar-refractivity contribution in [1.29, 1.82) is 0 Å². The molecule has 0 atom stereocenters. The SMILES string of the molecule is COc1cccc(C(=O)Nc2cnc3nc[nH]c3c2)c1. The van der Waals surface area contributed by atoms with E-state index in [4.69, 9.17) is 4.74 Å². The number of imidazole rings is 1. The average Bonchev–Trinajstić information content (AvgIpc) is 2.95. The number of hydrogen-bond donors (Lipinski definition) is 2. The lowest BCUT2D eigenvalue weighted by Crippen LogP contribution is -2.12. The number of rotatable bonds is 3. The number of aromatic amines is 1. The van der Waals surface area contributed by atoms with Gasteiger partial charge in [0.15, 0.2) is 5.65 Å². The molecule has 0 aliphatic rings. The molecule has 2 N–H and O–H groups in total. The molecule has 0 radical (unpaired) electrons. The molecule has 0 bridgehead atoms. The maximum atomic E-state index is 12.1. The van der Waals surface area contributed by atoms with Gasteiger partial charge in [-0.2, -0.15) is 0 Å². The summed E-state index contributed by atoms with van der Waals surface area (Å²) >= 11 is 0. The van der Waals surface area contributed by atoms with E-state index in [-0.39, 0.29) is 5.91 Å². The summed E-state index contributed by atoms with van der Waals surface area (Å²) in [5.74, 6) is 0.421. The van der Waals surface area contributed by atoms with Gasteiger partial charge in [-0.25, -0.2) is 9.97 Å². The van der Waals surface area contributed by atoms with Crippen molar-refractivity contribution in [2.75, 3.05) is 12.4 Å². The second-order valence-corrected chi connectivity index (χ2v) is 4.18. The predicted octanol–water partition coefficient (Wildman–Crippen LogP) is 2.22. The fourth-order valence-electron chi connectivity index (χ4n) is 1.87. The smallest absolute Gasteiger partial charge is 0.255 e. The first-order chi connectivity index (χ1) is 9.76. The van der Waals surface area contributed by atoms with Crippen LogP contribution in [-0.4, -0.2) is 28.0 Å². The zero-order valence-corrected chi connectivity index (χ0v) is 10.8. The van der Waals surface area contributed by atoms with Gasteiger partial charge in [-0.05, 0) is 24.3 Å². The van der Waals surface area contributed by atoms with E-state index in [0.29, 0.717) is 22.6 Å². The summed E-state index contributed by atoms with van der Waals surface area (Å²) in [6.07, 6.45) is 3.13. The van der Waals surface area contributed by atoms with Gasteiger partial charge in [0.1, 0.15) is 5.75 Å². The minimum absolute atomic E-state index is 0.218. The molecule has 0 spiro atoms. The fourth-order valence-corrected chi connectivity index (χ4v) is 1.87. The Kier molecular flexibility index (Phi) is 3.04. The second kappa shape index (κ2) is 5.00. The number of ether oxygens (including phenoxy) is 1. The topological polar surface area (TPSA) is 79.9 Å². The van der Waals surface area contributed by atoms with Crippen molar-refractivity contribution in [3.8, 4) is 5.75 Å². The number of nitrogens with one attached hydrogen (secondary N) is 2. The van der Waals surface area contributed by atoms with Crippen LogP contribution in [0.2, 0.25) is 0 Å². The third kappa shape index (κ3) is 2.31. The quantitative estimate of drug-likeness (QED) is 0.763. The number of carbonyl (C=O) groups is 1. The maximum Gasteiger partial charge on any atom is 0.255 e. The molecule has 1 amide bonds. The summed E-state index contributed by atoms with van der Waals surface area (Å²) in [6, 6.07) is 8.74. The standard InChI is InChI=1S/C14H12N4O2/c1-20-11-4-2-3-9(5-11)14(19)18-10-6-12-13(15-7-10)17-8-16-12/h2-8H,1H3,(H,18,19)(H,15,16,17). The van der Waals surface area contributed by atoms with Crippen LogP contribution in [0.25, 0.3) is 11.2 Å². The molecular formula is C14H12N4O2. The van der Waals surface area contributed by atoms with Crippen molar-refractivity contribution in [2.24, 2.45) is 0 Å². The van der Waals surface area contributed by atoms with Crippen LogP contribution < -0.4 is 10.1 Å². The van der Waals surface area contributed by atoms with Crippen LogP contribution in [0.3, 0.4) is 0 Å². The van der Waals surface area contributed by atoms with E-state index in [1.54, 1.807) is 50.0 Å². The number of amides is 1. The molecule has 0 unspecified atom stereocenters. The Hall–Kier alpha value is -2.89. The number of fused-ring (bicyclic) bond motifs is 1. The third-order valence-electron chi connectivity index (χ3n) is 2.86. The zero-order valence-electron chi connectivity index (χ0n) is 10.8. The molecule has 0 fully saturated rings. The molecule has 2 heterocycles. The Morgan fingerprint density at radius 1 is 1.30 bits per heavy atom. The number of benzene rings is 1. The largest absolute Gasteiger partial charge is 0.497 e. The molecule has 1 aromatic carbocycles. The molecule has 3 rings (SSSR count). The molecule has 0 aliphatic heterocycles. The molecule has 0 saturated heterocycles. The van der Waals surface area contributed by atoms with Crippen LogP contribution in [0.15, 0.2) is 42.9 Å². The maximum absolute atomic E-state index is 12.1.